The number of ether oxygens (including phenoxy) is 8. The second-order valence-corrected chi connectivity index (χ2v) is 17.1. The molecule has 0 aromatic heterocycles. The second kappa shape index (κ2) is 26.2. The minimum atomic E-state index is -0.212. The molecule has 72 heavy (non-hydrogen) atoms. The van der Waals surface area contributed by atoms with Crippen molar-refractivity contribution >= 4 is 35.0 Å². The molecule has 7 rings (SSSR count). The van der Waals surface area contributed by atoms with Gasteiger partial charge in [-0.1, -0.05) is 36.1 Å². The summed E-state index contributed by atoms with van der Waals surface area (Å²) >= 11 is 0. The topological polar surface area (TPSA) is 223 Å². The Balaban J connectivity index is 0.929. The van der Waals surface area contributed by atoms with Gasteiger partial charge in [0.05, 0.1) is 96.1 Å². The Kier molecular flexibility index (Phi) is 19.1. The van der Waals surface area contributed by atoms with E-state index in [0.717, 1.165) is 33.7 Å². The highest BCUT2D eigenvalue weighted by atomic mass is 16.6. The summed E-state index contributed by atoms with van der Waals surface area (Å²) in [5, 5.41) is 12.1. The summed E-state index contributed by atoms with van der Waals surface area (Å²) in [4.78, 5) is 54.5. The number of carbonyl (C=O) groups excluding carboxylic acids is 4. The molecule has 0 aliphatic carbocycles. The van der Waals surface area contributed by atoms with Crippen molar-refractivity contribution in [2.75, 3.05) is 110 Å². The molecule has 4 aliphatic heterocycles. The van der Waals surface area contributed by atoms with Crippen LogP contribution in [-0.4, -0.2) is 133 Å². The van der Waals surface area contributed by atoms with Gasteiger partial charge in [-0.25, -0.2) is 0 Å². The third-order valence-corrected chi connectivity index (χ3v) is 11.6. The molecular formula is C53H63N7O12. The van der Waals surface area contributed by atoms with E-state index in [1.807, 2.05) is 30.6 Å². The van der Waals surface area contributed by atoms with E-state index in [4.69, 9.17) is 43.6 Å². The Morgan fingerprint density at radius 3 is 1.62 bits per heavy atom. The largest absolute Gasteiger partial charge is 0.493 e. The Bertz CT molecular complexity index is 2500. The molecule has 19 heteroatoms. The van der Waals surface area contributed by atoms with Crippen molar-refractivity contribution in [1.82, 2.24) is 20.4 Å². The summed E-state index contributed by atoms with van der Waals surface area (Å²) in [6.07, 6.45) is 5.32. The smallest absolute Gasteiger partial charge is 0.260 e. The van der Waals surface area contributed by atoms with Crippen molar-refractivity contribution < 1.29 is 57.1 Å². The zero-order valence-corrected chi connectivity index (χ0v) is 40.9. The molecule has 0 spiro atoms. The number of anilines is 2. The van der Waals surface area contributed by atoms with Crippen molar-refractivity contribution in [3.05, 3.63) is 118 Å². The Labute approximate surface area is 419 Å². The first-order valence-corrected chi connectivity index (χ1v) is 23.8. The lowest BCUT2D eigenvalue weighted by Gasteiger charge is -2.18. The zero-order valence-electron chi connectivity index (χ0n) is 40.9. The van der Waals surface area contributed by atoms with Gasteiger partial charge >= 0.3 is 0 Å². The summed E-state index contributed by atoms with van der Waals surface area (Å²) in [6, 6.07) is 12.6. The van der Waals surface area contributed by atoms with E-state index < -0.39 is 0 Å². The molecule has 6 N–H and O–H groups in total. The van der Waals surface area contributed by atoms with E-state index in [9.17, 15) is 19.2 Å². The van der Waals surface area contributed by atoms with Crippen molar-refractivity contribution in [3.63, 3.8) is 0 Å². The highest BCUT2D eigenvalue weighted by Crippen LogP contribution is 2.40. The minimum Gasteiger partial charge on any atom is -0.493 e. The van der Waals surface area contributed by atoms with Crippen molar-refractivity contribution in [2.45, 2.75) is 38.9 Å². The molecule has 4 aliphatic rings. The van der Waals surface area contributed by atoms with Crippen LogP contribution in [0.1, 0.15) is 63.1 Å². The molecule has 0 saturated carbocycles. The van der Waals surface area contributed by atoms with E-state index in [2.05, 4.69) is 46.3 Å². The van der Waals surface area contributed by atoms with Crippen LogP contribution in [0.4, 0.5) is 11.4 Å². The standard InChI is InChI=1S/C53H63N7O12/c1-35-20-40-29-57-44-27-48(46(65-3)25-42(44)52(63)59(40)31-35)71-33-38-22-37(6-5-10-55-51(62)8-12-67-14-16-69-18-19-70-17-15-68-13-11-56-50(61)7-9-54)23-39(24-38)34-72-49-28-45-43(26-47(49)66-4)53(64)60-32-36(2)21-41(60)30-58-45/h22-30,57-58H,1-2,7-21,31-34,54H2,3-4H3,(H,55,62)(H,56,61). The maximum Gasteiger partial charge on any atom is 0.260 e. The maximum atomic E-state index is 13.6. The number of allylic oxidation sites excluding steroid dienone is 2. The number of nitrogens with zero attached hydrogens (tertiary/aromatic N) is 2. The second-order valence-electron chi connectivity index (χ2n) is 17.1. The molecule has 382 valence electrons. The van der Waals surface area contributed by atoms with Gasteiger partial charge in [0, 0.05) is 93.4 Å². The fourth-order valence-electron chi connectivity index (χ4n) is 8.11. The SMILES string of the molecule is C=C1CC2=CNc3cc(OCc4cc(C#CCNC(=O)CCOCCOCCOCCOCCNC(=O)CCN)cc(COc5cc6c(cc5OC)C(=O)N5CC(=C)CC5=CN6)c4)c(OC)cc3C(=O)N2C1. The number of hydrogen-bond donors (Lipinski definition) is 5. The number of hydrogen-bond acceptors (Lipinski definition) is 15. The van der Waals surface area contributed by atoms with Crippen LogP contribution < -0.4 is 45.9 Å². The number of amides is 4. The first kappa shape index (κ1) is 52.5. The summed E-state index contributed by atoms with van der Waals surface area (Å²) < 4.78 is 46.2. The lowest BCUT2D eigenvalue weighted by Crippen LogP contribution is -2.29. The Morgan fingerprint density at radius 2 is 1.12 bits per heavy atom. The normalized spacial score (nSPS) is 14.5. The van der Waals surface area contributed by atoms with Gasteiger partial charge in [0.2, 0.25) is 11.8 Å². The summed E-state index contributed by atoms with van der Waals surface area (Å²) in [6.45, 7) is 13.0. The Hall–Kier alpha value is -7.34. The monoisotopic (exact) mass is 989 g/mol. The Morgan fingerprint density at radius 1 is 0.639 bits per heavy atom. The van der Waals surface area contributed by atoms with Crippen LogP contribution in [0.2, 0.25) is 0 Å². The maximum absolute atomic E-state index is 13.6. The first-order chi connectivity index (χ1) is 35.0. The molecule has 0 bridgehead atoms. The van der Waals surface area contributed by atoms with E-state index in [0.29, 0.717) is 143 Å². The van der Waals surface area contributed by atoms with Gasteiger partial charge in [0.1, 0.15) is 13.2 Å². The number of nitrogens with two attached hydrogens (primary N) is 1. The van der Waals surface area contributed by atoms with Gasteiger partial charge in [-0.15, -0.1) is 0 Å². The van der Waals surface area contributed by atoms with E-state index in [-0.39, 0.29) is 56.4 Å². The fourth-order valence-corrected chi connectivity index (χ4v) is 8.11. The van der Waals surface area contributed by atoms with Gasteiger partial charge in [-0.3, -0.25) is 19.2 Å². The molecule has 4 heterocycles. The van der Waals surface area contributed by atoms with Gasteiger partial charge < -0.3 is 74.7 Å². The minimum absolute atomic E-state index is 0.0941. The van der Waals surface area contributed by atoms with Crippen LogP contribution >= 0.6 is 0 Å². The summed E-state index contributed by atoms with van der Waals surface area (Å²) in [5.74, 6) is 7.24. The lowest BCUT2D eigenvalue weighted by atomic mass is 10.1. The third-order valence-electron chi connectivity index (χ3n) is 11.6. The van der Waals surface area contributed by atoms with Crippen molar-refractivity contribution in [2.24, 2.45) is 5.73 Å². The van der Waals surface area contributed by atoms with Gasteiger partial charge in [0.15, 0.2) is 23.0 Å². The van der Waals surface area contributed by atoms with Crippen LogP contribution in [0.15, 0.2) is 90.6 Å². The van der Waals surface area contributed by atoms with Crippen LogP contribution in [0.25, 0.3) is 0 Å². The predicted octanol–water partition coefficient (Wildman–Crippen LogP) is 4.59. The average Bonchev–Trinajstić information content (AvgIpc) is 3.89. The molecule has 2 saturated heterocycles. The quantitative estimate of drug-likeness (QED) is 0.0422. The molecule has 0 radical (unpaired) electrons. The number of nitrogens with one attached hydrogen (secondary N) is 4. The molecule has 3 aromatic carbocycles. The fraction of sp³-hybridized carbons (Fsp3) is 0.396. The van der Waals surface area contributed by atoms with Crippen molar-refractivity contribution in [3.8, 4) is 34.8 Å². The van der Waals surface area contributed by atoms with Crippen LogP contribution in [0, 0.1) is 11.8 Å². The highest BCUT2D eigenvalue weighted by molar-refractivity contribution is 6.04. The molecule has 3 aromatic rings. The first-order valence-electron chi connectivity index (χ1n) is 23.8. The molecular weight excluding hydrogens is 927 g/mol. The van der Waals surface area contributed by atoms with E-state index >= 15 is 0 Å². The molecule has 2 fully saturated rings. The van der Waals surface area contributed by atoms with E-state index in [1.54, 1.807) is 34.1 Å². The van der Waals surface area contributed by atoms with Gasteiger partial charge in [0.25, 0.3) is 11.8 Å². The number of benzene rings is 3. The van der Waals surface area contributed by atoms with Gasteiger partial charge in [-0.05, 0) is 41.5 Å². The lowest BCUT2D eigenvalue weighted by molar-refractivity contribution is -0.122. The molecule has 0 unspecified atom stereocenters. The molecule has 4 amide bonds. The van der Waals surface area contributed by atoms with Gasteiger partial charge in [-0.2, -0.15) is 0 Å². The van der Waals surface area contributed by atoms with Crippen LogP contribution in [-0.2, 0) is 41.8 Å². The zero-order chi connectivity index (χ0) is 50.8. The summed E-state index contributed by atoms with van der Waals surface area (Å²) in [7, 11) is 3.05. The van der Waals surface area contributed by atoms with E-state index in [1.165, 1.54) is 14.2 Å². The highest BCUT2D eigenvalue weighted by Gasteiger charge is 2.33. The molecule has 0 atom stereocenters. The van der Waals surface area contributed by atoms with Crippen LogP contribution in [0.3, 0.4) is 0 Å². The predicted molar refractivity (Wildman–Crippen MR) is 269 cm³/mol. The number of fused-ring (bicyclic) bond motifs is 4. The van der Waals surface area contributed by atoms with Crippen LogP contribution in [0.5, 0.6) is 23.0 Å². The average molecular weight is 990 g/mol. The molecule has 19 nitrogen and oxygen atoms in total. The number of carbonyl (C=O) groups is 4. The number of methoxy groups -OCH3 is 2. The third kappa shape index (κ3) is 14.4. The summed E-state index contributed by atoms with van der Waals surface area (Å²) in [5.41, 5.74) is 13.2. The van der Waals surface area contributed by atoms with Crippen molar-refractivity contribution in [1.29, 1.82) is 0 Å². The number of rotatable bonds is 26.